The number of anilines is 2. The van der Waals surface area contributed by atoms with Gasteiger partial charge >= 0.3 is 0 Å². The number of nitrogens with zero attached hydrogens (tertiary/aromatic N) is 1. The molecule has 0 radical (unpaired) electrons. The predicted octanol–water partition coefficient (Wildman–Crippen LogP) is 6.30. The third kappa shape index (κ3) is 3.28. The number of H-pyrrole nitrogens is 1. The highest BCUT2D eigenvalue weighted by Crippen LogP contribution is 2.38. The topological polar surface area (TPSA) is 48.1 Å². The van der Waals surface area contributed by atoms with E-state index in [2.05, 4.69) is 61.4 Å². The van der Waals surface area contributed by atoms with Gasteiger partial charge in [0, 0.05) is 29.1 Å². The lowest BCUT2D eigenvalue weighted by Gasteiger charge is -2.36. The second kappa shape index (κ2) is 7.62. The number of aromatic amines is 1. The monoisotopic (exact) mass is 409 g/mol. The standard InChI is InChI=1S/C27H27N3O/c1-4-20-16-30(24-15-18(3)17(2)14-23(24)28-20)27(31)26-25(19-10-6-5-7-11-19)21-12-8-9-13-22(21)29-26/h5-15,20,28-29H,4,16H2,1-3H3. The Morgan fingerprint density at radius 1 is 1.00 bits per heavy atom. The van der Waals surface area contributed by atoms with E-state index in [9.17, 15) is 4.79 Å². The summed E-state index contributed by atoms with van der Waals surface area (Å²) in [5.41, 5.74) is 8.05. The molecule has 2 heterocycles. The van der Waals surface area contributed by atoms with Crippen LogP contribution in [-0.2, 0) is 0 Å². The van der Waals surface area contributed by atoms with Gasteiger partial charge in [0.05, 0.1) is 11.4 Å². The smallest absolute Gasteiger partial charge is 0.275 e. The van der Waals surface area contributed by atoms with Crippen molar-refractivity contribution in [3.63, 3.8) is 0 Å². The van der Waals surface area contributed by atoms with Crippen molar-refractivity contribution in [1.82, 2.24) is 4.98 Å². The van der Waals surface area contributed by atoms with Gasteiger partial charge in [-0.1, -0.05) is 55.5 Å². The lowest BCUT2D eigenvalue weighted by Crippen LogP contribution is -2.45. The van der Waals surface area contributed by atoms with E-state index in [1.165, 1.54) is 11.1 Å². The first-order valence-corrected chi connectivity index (χ1v) is 10.9. The summed E-state index contributed by atoms with van der Waals surface area (Å²) in [4.78, 5) is 19.4. The van der Waals surface area contributed by atoms with Gasteiger partial charge in [-0.15, -0.1) is 0 Å². The van der Waals surface area contributed by atoms with Crippen LogP contribution in [0.2, 0.25) is 0 Å². The summed E-state index contributed by atoms with van der Waals surface area (Å²) in [6, 6.07) is 22.8. The van der Waals surface area contributed by atoms with E-state index >= 15 is 0 Å². The fourth-order valence-electron chi connectivity index (χ4n) is 4.49. The molecule has 2 N–H and O–H groups in total. The normalized spacial score (nSPS) is 15.6. The number of para-hydroxylation sites is 1. The Balaban J connectivity index is 1.69. The fraction of sp³-hybridized carbons (Fsp3) is 0.222. The molecule has 4 heteroatoms. The second-order valence-corrected chi connectivity index (χ2v) is 8.41. The van der Waals surface area contributed by atoms with E-state index < -0.39 is 0 Å². The molecule has 0 spiro atoms. The van der Waals surface area contributed by atoms with Gasteiger partial charge in [0.2, 0.25) is 0 Å². The van der Waals surface area contributed by atoms with E-state index in [0.29, 0.717) is 12.2 Å². The number of hydrogen-bond acceptors (Lipinski definition) is 2. The van der Waals surface area contributed by atoms with E-state index in [1.54, 1.807) is 0 Å². The van der Waals surface area contributed by atoms with Crippen LogP contribution in [0.4, 0.5) is 11.4 Å². The lowest BCUT2D eigenvalue weighted by atomic mass is 9.99. The van der Waals surface area contributed by atoms with Gasteiger partial charge in [-0.3, -0.25) is 4.79 Å². The van der Waals surface area contributed by atoms with Gasteiger partial charge in [0.25, 0.3) is 5.91 Å². The summed E-state index contributed by atoms with van der Waals surface area (Å²) in [6.45, 7) is 7.02. The zero-order valence-corrected chi connectivity index (χ0v) is 18.2. The first kappa shape index (κ1) is 19.4. The number of fused-ring (bicyclic) bond motifs is 2. The minimum absolute atomic E-state index is 0.0134. The molecule has 1 aliphatic heterocycles. The molecule has 4 aromatic rings. The van der Waals surface area contributed by atoms with Crippen LogP contribution >= 0.6 is 0 Å². The molecule has 0 fully saturated rings. The van der Waals surface area contributed by atoms with Gasteiger partial charge in [-0.05, 0) is 55.2 Å². The summed E-state index contributed by atoms with van der Waals surface area (Å²) < 4.78 is 0. The van der Waals surface area contributed by atoms with Crippen molar-refractivity contribution >= 4 is 28.2 Å². The molecule has 1 atom stereocenters. The number of carbonyl (C=O) groups excluding carboxylic acids is 1. The number of hydrogen-bond donors (Lipinski definition) is 2. The highest BCUT2D eigenvalue weighted by molar-refractivity contribution is 6.16. The molecule has 0 bridgehead atoms. The number of aryl methyl sites for hydroxylation is 2. The quantitative estimate of drug-likeness (QED) is 0.417. The van der Waals surface area contributed by atoms with Crippen molar-refractivity contribution < 1.29 is 4.79 Å². The first-order chi connectivity index (χ1) is 15.1. The molecule has 31 heavy (non-hydrogen) atoms. The van der Waals surface area contributed by atoms with Gasteiger partial charge in [-0.25, -0.2) is 0 Å². The molecular weight excluding hydrogens is 382 g/mol. The minimum atomic E-state index is 0.0134. The van der Waals surface area contributed by atoms with Crippen molar-refractivity contribution in [3.8, 4) is 11.1 Å². The zero-order chi connectivity index (χ0) is 21.5. The number of rotatable bonds is 3. The molecular formula is C27H27N3O. The van der Waals surface area contributed by atoms with Gasteiger partial charge in [-0.2, -0.15) is 0 Å². The molecule has 1 aliphatic rings. The number of aromatic nitrogens is 1. The SMILES string of the molecule is CCC1CN(C(=O)c2[nH]c3ccccc3c2-c2ccccc2)c2cc(C)c(C)cc2N1. The Kier molecular flexibility index (Phi) is 4.78. The van der Waals surface area contributed by atoms with Crippen molar-refractivity contribution in [2.45, 2.75) is 33.2 Å². The van der Waals surface area contributed by atoms with Crippen LogP contribution in [-0.4, -0.2) is 23.5 Å². The predicted molar refractivity (Wildman–Crippen MR) is 129 cm³/mol. The molecule has 1 amide bonds. The first-order valence-electron chi connectivity index (χ1n) is 10.9. The molecule has 1 aromatic heterocycles. The van der Waals surface area contributed by atoms with Gasteiger partial charge in [0.15, 0.2) is 0 Å². The second-order valence-electron chi connectivity index (χ2n) is 8.41. The number of amides is 1. The third-order valence-corrected chi connectivity index (χ3v) is 6.39. The molecule has 0 saturated heterocycles. The summed E-state index contributed by atoms with van der Waals surface area (Å²) >= 11 is 0. The molecule has 5 rings (SSSR count). The number of carbonyl (C=O) groups is 1. The summed E-state index contributed by atoms with van der Waals surface area (Å²) in [7, 11) is 0. The van der Waals surface area contributed by atoms with Crippen molar-refractivity contribution in [3.05, 3.63) is 83.6 Å². The maximum absolute atomic E-state index is 14.1. The van der Waals surface area contributed by atoms with Crippen LogP contribution < -0.4 is 10.2 Å². The Bertz CT molecular complexity index is 1270. The third-order valence-electron chi connectivity index (χ3n) is 6.39. The molecule has 3 aromatic carbocycles. The van der Waals surface area contributed by atoms with Crippen LogP contribution in [0.15, 0.2) is 66.7 Å². The average Bonchev–Trinajstić information content (AvgIpc) is 3.19. The minimum Gasteiger partial charge on any atom is -0.379 e. The summed E-state index contributed by atoms with van der Waals surface area (Å²) in [5, 5.41) is 4.69. The Morgan fingerprint density at radius 2 is 1.71 bits per heavy atom. The van der Waals surface area contributed by atoms with Crippen LogP contribution in [0, 0.1) is 13.8 Å². The Morgan fingerprint density at radius 3 is 2.48 bits per heavy atom. The Labute approximate surface area is 182 Å². The van der Waals surface area contributed by atoms with E-state index in [0.717, 1.165) is 39.8 Å². The maximum atomic E-state index is 14.1. The zero-order valence-electron chi connectivity index (χ0n) is 18.2. The van der Waals surface area contributed by atoms with Crippen LogP contribution in [0.3, 0.4) is 0 Å². The summed E-state index contributed by atoms with van der Waals surface area (Å²) in [6.07, 6.45) is 0.953. The van der Waals surface area contributed by atoms with Crippen molar-refractivity contribution in [1.29, 1.82) is 0 Å². The highest BCUT2D eigenvalue weighted by atomic mass is 16.2. The van der Waals surface area contributed by atoms with Crippen LogP contribution in [0.1, 0.15) is 35.0 Å². The van der Waals surface area contributed by atoms with Crippen molar-refractivity contribution in [2.24, 2.45) is 0 Å². The van der Waals surface area contributed by atoms with Crippen LogP contribution in [0.25, 0.3) is 22.0 Å². The molecule has 1 unspecified atom stereocenters. The van der Waals surface area contributed by atoms with E-state index in [-0.39, 0.29) is 11.9 Å². The number of nitrogens with one attached hydrogen (secondary N) is 2. The maximum Gasteiger partial charge on any atom is 0.275 e. The van der Waals surface area contributed by atoms with Crippen molar-refractivity contribution in [2.75, 3.05) is 16.8 Å². The molecule has 0 aliphatic carbocycles. The number of benzene rings is 3. The molecule has 0 saturated carbocycles. The Hall–Kier alpha value is -3.53. The summed E-state index contributed by atoms with van der Waals surface area (Å²) in [5.74, 6) is 0.0134. The van der Waals surface area contributed by atoms with E-state index in [1.807, 2.05) is 41.3 Å². The fourth-order valence-corrected chi connectivity index (χ4v) is 4.49. The van der Waals surface area contributed by atoms with Gasteiger partial charge < -0.3 is 15.2 Å². The average molecular weight is 410 g/mol. The largest absolute Gasteiger partial charge is 0.379 e. The highest BCUT2D eigenvalue weighted by Gasteiger charge is 2.31. The molecule has 156 valence electrons. The molecule has 4 nitrogen and oxygen atoms in total. The van der Waals surface area contributed by atoms with E-state index in [4.69, 9.17) is 0 Å². The van der Waals surface area contributed by atoms with Gasteiger partial charge in [0.1, 0.15) is 5.69 Å². The van der Waals surface area contributed by atoms with Crippen LogP contribution in [0.5, 0.6) is 0 Å². The lowest BCUT2D eigenvalue weighted by molar-refractivity contribution is 0.0981.